The molecule has 5 atom stereocenters. The Balaban J connectivity index is 2.04. The molecule has 0 radical (unpaired) electrons. The summed E-state index contributed by atoms with van der Waals surface area (Å²) in [5.74, 6) is -2.82. The molecule has 0 aliphatic carbocycles. The Hall–Kier alpha value is -2.10. The molecule has 1 aliphatic rings. The highest BCUT2D eigenvalue weighted by Gasteiger charge is 2.39. The second kappa shape index (κ2) is 11.9. The standard InChI is InChI=1S/C22H28F3O7P/c1-4-15(6-5-13(2)30-3)31-22-21(27)20(26)11-16(32-22)7-8-33(28,29)12-17-18(24)9-14(23)10-19(17)25/h4-6,9-10,16,20-22,26-27H,1,7-8,11-12H2,2-3H3,(H,28,29)/b13-5+,15-6+. The van der Waals surface area contributed by atoms with Crippen molar-refractivity contribution in [3.63, 3.8) is 0 Å². The summed E-state index contributed by atoms with van der Waals surface area (Å²) in [5, 5.41) is 20.4. The molecule has 0 saturated carbocycles. The lowest BCUT2D eigenvalue weighted by Crippen LogP contribution is -2.49. The van der Waals surface area contributed by atoms with Gasteiger partial charge in [0.25, 0.3) is 0 Å². The summed E-state index contributed by atoms with van der Waals surface area (Å²) in [6.07, 6.45) is -1.53. The lowest BCUT2D eigenvalue weighted by molar-refractivity contribution is -0.252. The van der Waals surface area contributed by atoms with Crippen LogP contribution in [0.4, 0.5) is 13.2 Å². The molecule has 1 aromatic carbocycles. The topological polar surface area (TPSA) is 105 Å². The summed E-state index contributed by atoms with van der Waals surface area (Å²) in [6, 6.07) is 0.882. The van der Waals surface area contributed by atoms with Crippen molar-refractivity contribution in [2.75, 3.05) is 13.3 Å². The lowest BCUT2D eigenvalue weighted by Gasteiger charge is -2.37. The maximum absolute atomic E-state index is 13.8. The Bertz CT molecular complexity index is 927. The molecule has 0 aromatic heterocycles. The van der Waals surface area contributed by atoms with Crippen molar-refractivity contribution in [2.45, 2.75) is 50.5 Å². The molecule has 0 spiro atoms. The van der Waals surface area contributed by atoms with Gasteiger partial charge in [-0.25, -0.2) is 13.2 Å². The normalized spacial score (nSPS) is 25.9. The summed E-state index contributed by atoms with van der Waals surface area (Å²) < 4.78 is 69.5. The average Bonchev–Trinajstić information content (AvgIpc) is 2.75. The number of aliphatic hydroxyl groups excluding tert-OH is 2. The Morgan fingerprint density at radius 2 is 1.91 bits per heavy atom. The monoisotopic (exact) mass is 492 g/mol. The van der Waals surface area contributed by atoms with Gasteiger partial charge in [0.2, 0.25) is 13.7 Å². The fraction of sp³-hybridized carbons (Fsp3) is 0.455. The van der Waals surface area contributed by atoms with Gasteiger partial charge in [0, 0.05) is 30.3 Å². The Morgan fingerprint density at radius 1 is 1.27 bits per heavy atom. The summed E-state index contributed by atoms with van der Waals surface area (Å²) in [4.78, 5) is 10.2. The number of rotatable bonds is 10. The molecular formula is C22H28F3O7P. The minimum absolute atomic E-state index is 0.0455. The molecule has 1 aromatic rings. The number of hydrogen-bond acceptors (Lipinski definition) is 6. The van der Waals surface area contributed by atoms with Gasteiger partial charge in [-0.1, -0.05) is 6.58 Å². The first-order valence-electron chi connectivity index (χ1n) is 10.1. The third-order valence-corrected chi connectivity index (χ3v) is 6.84. The SMILES string of the molecule is C=C/C(=C\C=C(/C)OC)OC1OC(CCP(=O)(O)Cc2c(F)cc(F)cc2F)CC(O)C1O. The summed E-state index contributed by atoms with van der Waals surface area (Å²) in [7, 11) is -2.59. The first kappa shape index (κ1) is 27.1. The molecule has 33 heavy (non-hydrogen) atoms. The van der Waals surface area contributed by atoms with E-state index in [0.717, 1.165) is 0 Å². The maximum atomic E-state index is 13.8. The van der Waals surface area contributed by atoms with Gasteiger partial charge in [-0.05, 0) is 31.6 Å². The van der Waals surface area contributed by atoms with E-state index >= 15 is 0 Å². The van der Waals surface area contributed by atoms with Crippen LogP contribution in [0.5, 0.6) is 0 Å². The fourth-order valence-electron chi connectivity index (χ4n) is 3.15. The Morgan fingerprint density at radius 3 is 2.48 bits per heavy atom. The van der Waals surface area contributed by atoms with E-state index in [4.69, 9.17) is 14.2 Å². The van der Waals surface area contributed by atoms with Crippen LogP contribution in [0.25, 0.3) is 0 Å². The number of hydrogen-bond donors (Lipinski definition) is 3. The fourth-order valence-corrected chi connectivity index (χ4v) is 4.80. The van der Waals surface area contributed by atoms with Gasteiger partial charge in [0.15, 0.2) is 0 Å². The zero-order valence-corrected chi connectivity index (χ0v) is 19.2. The molecule has 1 saturated heterocycles. The summed E-state index contributed by atoms with van der Waals surface area (Å²) in [5.41, 5.74) is -0.677. The van der Waals surface area contributed by atoms with Crippen LogP contribution in [0.15, 0.2) is 48.5 Å². The summed E-state index contributed by atoms with van der Waals surface area (Å²) in [6.45, 7) is 5.31. The van der Waals surface area contributed by atoms with Crippen molar-refractivity contribution in [1.82, 2.24) is 0 Å². The molecular weight excluding hydrogens is 464 g/mol. The highest BCUT2D eigenvalue weighted by Crippen LogP contribution is 2.47. The van der Waals surface area contributed by atoms with Gasteiger partial charge in [-0.2, -0.15) is 0 Å². The van der Waals surface area contributed by atoms with Crippen molar-refractivity contribution in [3.8, 4) is 0 Å². The van der Waals surface area contributed by atoms with E-state index in [1.807, 2.05) is 0 Å². The van der Waals surface area contributed by atoms with Crippen LogP contribution in [0, 0.1) is 17.5 Å². The molecule has 7 nitrogen and oxygen atoms in total. The zero-order chi connectivity index (χ0) is 24.8. The van der Waals surface area contributed by atoms with Crippen LogP contribution in [-0.2, 0) is 24.9 Å². The largest absolute Gasteiger partial charge is 0.501 e. The van der Waals surface area contributed by atoms with Crippen LogP contribution in [-0.4, -0.2) is 53.0 Å². The Labute approximate surface area is 190 Å². The van der Waals surface area contributed by atoms with Crippen molar-refractivity contribution >= 4 is 7.37 Å². The van der Waals surface area contributed by atoms with Crippen molar-refractivity contribution in [1.29, 1.82) is 0 Å². The van der Waals surface area contributed by atoms with E-state index in [1.165, 1.54) is 19.3 Å². The molecule has 0 amide bonds. The Kier molecular flexibility index (Phi) is 9.75. The van der Waals surface area contributed by atoms with Crippen molar-refractivity contribution in [2.24, 2.45) is 0 Å². The van der Waals surface area contributed by atoms with Gasteiger partial charge in [-0.15, -0.1) is 0 Å². The number of methoxy groups -OCH3 is 1. The highest BCUT2D eigenvalue weighted by molar-refractivity contribution is 7.57. The van der Waals surface area contributed by atoms with Gasteiger partial charge in [0.1, 0.15) is 29.3 Å². The van der Waals surface area contributed by atoms with E-state index in [-0.39, 0.29) is 24.8 Å². The van der Waals surface area contributed by atoms with E-state index in [9.17, 15) is 32.8 Å². The first-order chi connectivity index (χ1) is 15.5. The molecule has 3 N–H and O–H groups in total. The summed E-state index contributed by atoms with van der Waals surface area (Å²) >= 11 is 0. The molecule has 1 heterocycles. The van der Waals surface area contributed by atoms with Crippen molar-refractivity contribution < 1.29 is 47.1 Å². The molecule has 1 fully saturated rings. The predicted octanol–water partition coefficient (Wildman–Crippen LogP) is 3.74. The maximum Gasteiger partial charge on any atom is 0.228 e. The zero-order valence-electron chi connectivity index (χ0n) is 18.3. The molecule has 184 valence electrons. The van der Waals surface area contributed by atoms with Gasteiger partial charge >= 0.3 is 0 Å². The van der Waals surface area contributed by atoms with E-state index in [0.29, 0.717) is 17.9 Å². The van der Waals surface area contributed by atoms with Crippen LogP contribution < -0.4 is 0 Å². The second-order valence-corrected chi connectivity index (χ2v) is 10.1. The highest BCUT2D eigenvalue weighted by atomic mass is 31.2. The van der Waals surface area contributed by atoms with Crippen LogP contribution >= 0.6 is 7.37 Å². The quantitative estimate of drug-likeness (QED) is 0.260. The predicted molar refractivity (Wildman–Crippen MR) is 115 cm³/mol. The minimum atomic E-state index is -4.08. The van der Waals surface area contributed by atoms with Crippen molar-refractivity contribution in [3.05, 3.63) is 71.5 Å². The van der Waals surface area contributed by atoms with Crippen LogP contribution in [0.3, 0.4) is 0 Å². The van der Waals surface area contributed by atoms with Crippen LogP contribution in [0.2, 0.25) is 0 Å². The molecule has 5 unspecified atom stereocenters. The smallest absolute Gasteiger partial charge is 0.228 e. The molecule has 11 heteroatoms. The average molecular weight is 492 g/mol. The van der Waals surface area contributed by atoms with E-state index in [2.05, 4.69) is 6.58 Å². The number of aliphatic hydroxyl groups is 2. The third kappa shape index (κ3) is 8.01. The molecule has 0 bridgehead atoms. The van der Waals surface area contributed by atoms with Gasteiger partial charge in [-0.3, -0.25) is 4.57 Å². The number of halogens is 3. The first-order valence-corrected chi connectivity index (χ1v) is 12.2. The van der Waals surface area contributed by atoms with Gasteiger partial charge < -0.3 is 29.3 Å². The molecule has 1 aliphatic heterocycles. The van der Waals surface area contributed by atoms with Crippen LogP contribution in [0.1, 0.15) is 25.3 Å². The number of allylic oxidation sites excluding steroid dienone is 4. The van der Waals surface area contributed by atoms with Gasteiger partial charge in [0.05, 0.1) is 31.2 Å². The second-order valence-electron chi connectivity index (χ2n) is 7.66. The number of benzene rings is 1. The van der Waals surface area contributed by atoms with E-state index < -0.39 is 61.1 Å². The van der Waals surface area contributed by atoms with E-state index in [1.54, 1.807) is 13.0 Å². The number of ether oxygens (including phenoxy) is 3. The minimum Gasteiger partial charge on any atom is -0.501 e. The lowest BCUT2D eigenvalue weighted by atomic mass is 10.0. The third-order valence-electron chi connectivity index (χ3n) is 5.07. The molecule has 2 rings (SSSR count).